The van der Waals surface area contributed by atoms with Gasteiger partial charge in [-0.3, -0.25) is 4.79 Å². The van der Waals surface area contributed by atoms with Crippen LogP contribution >= 0.6 is 0 Å². The lowest BCUT2D eigenvalue weighted by molar-refractivity contribution is -0.142. The zero-order valence-corrected chi connectivity index (χ0v) is 13.7. The minimum absolute atomic E-state index is 0.225. The molecule has 0 bridgehead atoms. The SMILES string of the molecule is C[C@@H](CN)C[C@H](Cc1cn([C@H]2CC[C@H](C)CC2)cn1)C(=O)O. The largest absolute Gasteiger partial charge is 0.481 e. The second-order valence-electron chi connectivity index (χ2n) is 7.04. The molecule has 0 amide bonds. The van der Waals surface area contributed by atoms with Gasteiger partial charge in [-0.2, -0.15) is 0 Å². The topological polar surface area (TPSA) is 81.1 Å². The summed E-state index contributed by atoms with van der Waals surface area (Å²) >= 11 is 0. The highest BCUT2D eigenvalue weighted by Gasteiger charge is 2.23. The van der Waals surface area contributed by atoms with Crippen molar-refractivity contribution in [2.24, 2.45) is 23.5 Å². The number of carboxylic acids is 1. The molecule has 1 heterocycles. The molecule has 0 aromatic carbocycles. The molecule has 0 radical (unpaired) electrons. The van der Waals surface area contributed by atoms with Gasteiger partial charge in [-0.05, 0) is 50.5 Å². The van der Waals surface area contributed by atoms with Gasteiger partial charge in [0, 0.05) is 18.7 Å². The van der Waals surface area contributed by atoms with E-state index in [1.54, 1.807) is 0 Å². The maximum Gasteiger partial charge on any atom is 0.306 e. The molecule has 1 aliphatic carbocycles. The van der Waals surface area contributed by atoms with Gasteiger partial charge in [0.1, 0.15) is 0 Å². The van der Waals surface area contributed by atoms with Crippen molar-refractivity contribution in [3.8, 4) is 0 Å². The molecule has 0 saturated heterocycles. The number of hydrogen-bond donors (Lipinski definition) is 2. The number of aromatic nitrogens is 2. The lowest BCUT2D eigenvalue weighted by Crippen LogP contribution is -2.23. The van der Waals surface area contributed by atoms with Crippen molar-refractivity contribution in [2.75, 3.05) is 6.54 Å². The molecule has 0 aliphatic heterocycles. The quantitative estimate of drug-likeness (QED) is 0.811. The summed E-state index contributed by atoms with van der Waals surface area (Å²) in [6, 6.07) is 0.531. The number of carboxylic acid groups (broad SMARTS) is 1. The fraction of sp³-hybridized carbons (Fsp3) is 0.765. The molecule has 1 aromatic rings. The summed E-state index contributed by atoms with van der Waals surface area (Å²) in [5.74, 6) is -0.0916. The summed E-state index contributed by atoms with van der Waals surface area (Å²) in [5.41, 5.74) is 6.50. The Kier molecular flexibility index (Phi) is 6.00. The Labute approximate surface area is 132 Å². The van der Waals surface area contributed by atoms with Crippen molar-refractivity contribution in [3.63, 3.8) is 0 Å². The van der Waals surface area contributed by atoms with Gasteiger partial charge in [-0.1, -0.05) is 13.8 Å². The van der Waals surface area contributed by atoms with Crippen LogP contribution in [0.2, 0.25) is 0 Å². The average molecular weight is 307 g/mol. The number of carbonyl (C=O) groups is 1. The molecule has 0 spiro atoms. The van der Waals surface area contributed by atoms with Crippen LogP contribution < -0.4 is 5.73 Å². The van der Waals surface area contributed by atoms with Crippen LogP contribution in [0, 0.1) is 17.8 Å². The highest BCUT2D eigenvalue weighted by Crippen LogP contribution is 2.32. The maximum absolute atomic E-state index is 11.4. The number of aliphatic carboxylic acids is 1. The van der Waals surface area contributed by atoms with E-state index in [1.807, 2.05) is 19.4 Å². The second-order valence-corrected chi connectivity index (χ2v) is 7.04. The molecule has 2 rings (SSSR count). The molecule has 5 heteroatoms. The number of imidazole rings is 1. The molecule has 1 aromatic heterocycles. The van der Waals surface area contributed by atoms with E-state index in [9.17, 15) is 9.90 Å². The van der Waals surface area contributed by atoms with Crippen LogP contribution in [-0.2, 0) is 11.2 Å². The summed E-state index contributed by atoms with van der Waals surface area (Å²) in [6.07, 6.45) is 9.96. The zero-order chi connectivity index (χ0) is 16.1. The summed E-state index contributed by atoms with van der Waals surface area (Å²) in [6.45, 7) is 4.84. The highest BCUT2D eigenvalue weighted by atomic mass is 16.4. The molecule has 22 heavy (non-hydrogen) atoms. The van der Waals surface area contributed by atoms with Gasteiger partial charge in [0.2, 0.25) is 0 Å². The third-order valence-electron chi connectivity index (χ3n) is 4.96. The number of hydrogen-bond acceptors (Lipinski definition) is 3. The molecule has 1 fully saturated rings. The Balaban J connectivity index is 1.96. The van der Waals surface area contributed by atoms with Gasteiger partial charge in [-0.25, -0.2) is 4.98 Å². The Morgan fingerprint density at radius 3 is 2.73 bits per heavy atom. The van der Waals surface area contributed by atoms with Gasteiger partial charge in [0.05, 0.1) is 17.9 Å². The first kappa shape index (κ1) is 17.0. The van der Waals surface area contributed by atoms with Crippen molar-refractivity contribution in [3.05, 3.63) is 18.2 Å². The molecule has 124 valence electrons. The van der Waals surface area contributed by atoms with Gasteiger partial charge < -0.3 is 15.4 Å². The lowest BCUT2D eigenvalue weighted by atomic mass is 9.87. The molecule has 2 atom stereocenters. The van der Waals surface area contributed by atoms with Crippen LogP contribution in [-0.4, -0.2) is 27.2 Å². The number of rotatable bonds is 7. The van der Waals surface area contributed by atoms with E-state index in [1.165, 1.54) is 25.7 Å². The van der Waals surface area contributed by atoms with Crippen LogP contribution in [0.5, 0.6) is 0 Å². The summed E-state index contributed by atoms with van der Waals surface area (Å²) < 4.78 is 2.19. The maximum atomic E-state index is 11.4. The van der Waals surface area contributed by atoms with E-state index in [0.717, 1.165) is 11.6 Å². The van der Waals surface area contributed by atoms with Crippen LogP contribution in [0.25, 0.3) is 0 Å². The smallest absolute Gasteiger partial charge is 0.306 e. The predicted octanol–water partition coefficient (Wildman–Crippen LogP) is 2.86. The highest BCUT2D eigenvalue weighted by molar-refractivity contribution is 5.70. The van der Waals surface area contributed by atoms with Crippen molar-refractivity contribution < 1.29 is 9.90 Å². The van der Waals surface area contributed by atoms with Crippen molar-refractivity contribution in [2.45, 2.75) is 58.4 Å². The minimum Gasteiger partial charge on any atom is -0.481 e. The summed E-state index contributed by atoms with van der Waals surface area (Å²) in [4.78, 5) is 15.9. The van der Waals surface area contributed by atoms with Gasteiger partial charge >= 0.3 is 5.97 Å². The third kappa shape index (κ3) is 4.57. The molecular formula is C17H29N3O2. The molecule has 1 saturated carbocycles. The fourth-order valence-electron chi connectivity index (χ4n) is 3.33. The molecule has 3 N–H and O–H groups in total. The predicted molar refractivity (Wildman–Crippen MR) is 86.6 cm³/mol. The molecule has 0 unspecified atom stereocenters. The van der Waals surface area contributed by atoms with E-state index in [4.69, 9.17) is 5.73 Å². The normalized spacial score (nSPS) is 24.9. The first-order valence-corrected chi connectivity index (χ1v) is 8.44. The van der Waals surface area contributed by atoms with E-state index < -0.39 is 11.9 Å². The van der Waals surface area contributed by atoms with Gasteiger partial charge in [-0.15, -0.1) is 0 Å². The van der Waals surface area contributed by atoms with E-state index >= 15 is 0 Å². The number of nitrogens with zero attached hydrogens (tertiary/aromatic N) is 2. The van der Waals surface area contributed by atoms with Crippen molar-refractivity contribution in [1.82, 2.24) is 9.55 Å². The fourth-order valence-corrected chi connectivity index (χ4v) is 3.33. The van der Waals surface area contributed by atoms with Gasteiger partial charge in [0.15, 0.2) is 0 Å². The second kappa shape index (κ2) is 7.77. The van der Waals surface area contributed by atoms with E-state index in [-0.39, 0.29) is 5.92 Å². The van der Waals surface area contributed by atoms with Crippen LogP contribution in [0.15, 0.2) is 12.5 Å². The standard InChI is InChI=1S/C17H29N3O2/c1-12-3-5-16(6-4-12)20-10-15(19-11-20)8-14(17(21)22)7-13(2)9-18/h10-14,16H,3-9,18H2,1-2H3,(H,21,22)/t12-,13-,14-,16-/m1/s1. The Morgan fingerprint density at radius 1 is 1.45 bits per heavy atom. The third-order valence-corrected chi connectivity index (χ3v) is 4.96. The Morgan fingerprint density at radius 2 is 2.14 bits per heavy atom. The average Bonchev–Trinajstić information content (AvgIpc) is 2.95. The minimum atomic E-state index is -0.749. The summed E-state index contributed by atoms with van der Waals surface area (Å²) in [5, 5.41) is 9.39. The monoisotopic (exact) mass is 307 g/mol. The Bertz CT molecular complexity index is 478. The first-order valence-electron chi connectivity index (χ1n) is 8.44. The Hall–Kier alpha value is -1.36. The number of nitrogens with two attached hydrogens (primary N) is 1. The van der Waals surface area contributed by atoms with E-state index in [2.05, 4.69) is 16.5 Å². The molecular weight excluding hydrogens is 278 g/mol. The summed E-state index contributed by atoms with van der Waals surface area (Å²) in [7, 11) is 0. The van der Waals surface area contributed by atoms with Crippen LogP contribution in [0.4, 0.5) is 0 Å². The first-order chi connectivity index (χ1) is 10.5. The van der Waals surface area contributed by atoms with E-state index in [0.29, 0.717) is 25.4 Å². The van der Waals surface area contributed by atoms with Crippen molar-refractivity contribution >= 4 is 5.97 Å². The molecule has 5 nitrogen and oxygen atoms in total. The molecule has 1 aliphatic rings. The van der Waals surface area contributed by atoms with Crippen LogP contribution in [0.3, 0.4) is 0 Å². The van der Waals surface area contributed by atoms with Crippen LogP contribution in [0.1, 0.15) is 57.7 Å². The lowest BCUT2D eigenvalue weighted by Gasteiger charge is -2.26. The van der Waals surface area contributed by atoms with Crippen molar-refractivity contribution in [1.29, 1.82) is 0 Å². The zero-order valence-electron chi connectivity index (χ0n) is 13.7. The van der Waals surface area contributed by atoms with Gasteiger partial charge in [0.25, 0.3) is 0 Å².